The number of fused-ring (bicyclic) bond motifs is 1. The first-order valence-electron chi connectivity index (χ1n) is 8.54. The first-order valence-corrected chi connectivity index (χ1v) is 9.36. The van der Waals surface area contributed by atoms with Crippen molar-refractivity contribution in [2.24, 2.45) is 4.99 Å². The molecular weight excluding hydrogens is 356 g/mol. The van der Waals surface area contributed by atoms with Crippen LogP contribution in [0.4, 0.5) is 5.69 Å². The second kappa shape index (κ2) is 7.52. The van der Waals surface area contributed by atoms with Gasteiger partial charge in [0.05, 0.1) is 23.1 Å². The molecule has 6 heteroatoms. The number of aromatic nitrogens is 1. The number of amides is 1. The molecule has 1 N–H and O–H groups in total. The molecule has 5 nitrogen and oxygen atoms in total. The van der Waals surface area contributed by atoms with E-state index >= 15 is 0 Å². The van der Waals surface area contributed by atoms with Gasteiger partial charge in [0, 0.05) is 29.2 Å². The van der Waals surface area contributed by atoms with Crippen molar-refractivity contribution < 1.29 is 4.79 Å². The highest BCUT2D eigenvalue weighted by Gasteiger charge is 2.24. The van der Waals surface area contributed by atoms with Gasteiger partial charge in [-0.2, -0.15) is 5.26 Å². The third kappa shape index (κ3) is 3.64. The average Bonchev–Trinajstić information content (AvgIpc) is 3.21. The third-order valence-corrected chi connectivity index (χ3v) is 5.12. The molecule has 0 atom stereocenters. The van der Waals surface area contributed by atoms with Crippen LogP contribution >= 0.6 is 11.8 Å². The maximum atomic E-state index is 12.4. The van der Waals surface area contributed by atoms with Gasteiger partial charge in [-0.25, -0.2) is 4.99 Å². The maximum absolute atomic E-state index is 12.4. The highest BCUT2D eigenvalue weighted by atomic mass is 32.2. The summed E-state index contributed by atoms with van der Waals surface area (Å²) in [7, 11) is 0. The van der Waals surface area contributed by atoms with Crippen molar-refractivity contribution in [1.82, 2.24) is 9.88 Å². The quantitative estimate of drug-likeness (QED) is 0.688. The Morgan fingerprint density at radius 2 is 1.93 bits per heavy atom. The van der Waals surface area contributed by atoms with Crippen LogP contribution in [0.2, 0.25) is 0 Å². The number of aliphatic imine (C=N–C) groups is 1. The van der Waals surface area contributed by atoms with E-state index in [1.807, 2.05) is 66.9 Å². The summed E-state index contributed by atoms with van der Waals surface area (Å²) in [4.78, 5) is 17.4. The molecule has 2 aromatic carbocycles. The maximum Gasteiger partial charge on any atom is 0.264 e. The van der Waals surface area contributed by atoms with Crippen molar-refractivity contribution in [1.29, 1.82) is 5.26 Å². The van der Waals surface area contributed by atoms with Crippen LogP contribution in [0.5, 0.6) is 0 Å². The number of hydrogen-bond acceptors (Lipinski definition) is 4. The molecule has 3 aromatic rings. The Bertz CT molecular complexity index is 1110. The number of benzene rings is 2. The van der Waals surface area contributed by atoms with E-state index in [1.54, 1.807) is 0 Å². The number of nitriles is 1. The fourth-order valence-electron chi connectivity index (χ4n) is 2.99. The summed E-state index contributed by atoms with van der Waals surface area (Å²) in [6.07, 6.45) is 4.33. The molecule has 1 aromatic heterocycles. The summed E-state index contributed by atoms with van der Waals surface area (Å²) in [5.41, 5.74) is 2.82. The Labute approximate surface area is 161 Å². The van der Waals surface area contributed by atoms with E-state index < -0.39 is 0 Å². The lowest BCUT2D eigenvalue weighted by Gasteiger charge is -2.00. The molecule has 4 rings (SSSR count). The molecule has 1 aliphatic heterocycles. The number of hydrogen-bond donors (Lipinski definition) is 1. The highest BCUT2D eigenvalue weighted by Crippen LogP contribution is 2.31. The third-order valence-electron chi connectivity index (χ3n) is 4.21. The number of nitrogens with zero attached hydrogens (tertiary/aromatic N) is 3. The predicted octanol–water partition coefficient (Wildman–Crippen LogP) is 4.45. The Morgan fingerprint density at radius 3 is 2.74 bits per heavy atom. The monoisotopic (exact) mass is 372 g/mol. The molecule has 0 unspecified atom stereocenters. The van der Waals surface area contributed by atoms with Crippen LogP contribution in [0.3, 0.4) is 0 Å². The second-order valence-corrected chi connectivity index (χ2v) is 7.05. The molecule has 132 valence electrons. The molecule has 0 radical (unpaired) electrons. The van der Waals surface area contributed by atoms with E-state index in [2.05, 4.69) is 20.9 Å². The Morgan fingerprint density at radius 1 is 1.15 bits per heavy atom. The number of thioether (sulfide) groups is 1. The van der Waals surface area contributed by atoms with Gasteiger partial charge in [-0.1, -0.05) is 36.4 Å². The largest absolute Gasteiger partial charge is 0.346 e. The van der Waals surface area contributed by atoms with Crippen LogP contribution in [0.25, 0.3) is 17.0 Å². The summed E-state index contributed by atoms with van der Waals surface area (Å²) in [5, 5.41) is 13.3. The summed E-state index contributed by atoms with van der Waals surface area (Å²) < 4.78 is 2.06. The van der Waals surface area contributed by atoms with Gasteiger partial charge in [-0.05, 0) is 36.0 Å². The van der Waals surface area contributed by atoms with Gasteiger partial charge in [-0.15, -0.1) is 0 Å². The average molecular weight is 372 g/mol. The molecule has 2 heterocycles. The van der Waals surface area contributed by atoms with Crippen LogP contribution in [0.15, 0.2) is 70.7 Å². The first-order chi connectivity index (χ1) is 13.2. The minimum absolute atomic E-state index is 0.150. The lowest BCUT2D eigenvalue weighted by molar-refractivity contribution is -0.115. The lowest BCUT2D eigenvalue weighted by Crippen LogP contribution is -2.19. The molecule has 1 fully saturated rings. The van der Waals surface area contributed by atoms with E-state index in [-0.39, 0.29) is 5.91 Å². The number of carbonyl (C=O) groups excluding carboxylic acids is 1. The van der Waals surface area contributed by atoms with Crippen molar-refractivity contribution in [3.05, 3.63) is 71.3 Å². The lowest BCUT2D eigenvalue weighted by atomic mass is 10.1. The van der Waals surface area contributed by atoms with E-state index in [4.69, 9.17) is 5.26 Å². The van der Waals surface area contributed by atoms with Crippen LogP contribution < -0.4 is 5.32 Å². The van der Waals surface area contributed by atoms with Crippen LogP contribution in [-0.4, -0.2) is 15.6 Å². The summed E-state index contributed by atoms with van der Waals surface area (Å²) in [5.74, 6) is -0.150. The molecule has 0 bridgehead atoms. The second-order valence-electron chi connectivity index (χ2n) is 6.02. The number of para-hydroxylation sites is 2. The van der Waals surface area contributed by atoms with Gasteiger partial charge in [0.15, 0.2) is 5.17 Å². The topological polar surface area (TPSA) is 70.2 Å². The SMILES string of the molecule is N#CCCn1cc(/C=C2\SC(=Nc3ccccc3)NC2=O)c2ccccc21. The number of carbonyl (C=O) groups is 1. The zero-order valence-electron chi connectivity index (χ0n) is 14.4. The zero-order valence-corrected chi connectivity index (χ0v) is 15.2. The van der Waals surface area contributed by atoms with E-state index in [9.17, 15) is 4.79 Å². The molecule has 0 saturated carbocycles. The van der Waals surface area contributed by atoms with E-state index in [0.717, 1.165) is 22.2 Å². The van der Waals surface area contributed by atoms with Crippen molar-refractivity contribution in [2.75, 3.05) is 0 Å². The number of rotatable bonds is 4. The Hall–Kier alpha value is -3.30. The molecule has 0 aliphatic carbocycles. The molecule has 0 spiro atoms. The summed E-state index contributed by atoms with van der Waals surface area (Å²) in [6.45, 7) is 0.625. The molecule has 1 amide bonds. The predicted molar refractivity (Wildman–Crippen MR) is 109 cm³/mol. The molecular formula is C21H16N4OS. The summed E-state index contributed by atoms with van der Waals surface area (Å²) in [6, 6.07) is 19.7. The van der Waals surface area contributed by atoms with Gasteiger partial charge in [-0.3, -0.25) is 4.79 Å². The van der Waals surface area contributed by atoms with Gasteiger partial charge >= 0.3 is 0 Å². The van der Waals surface area contributed by atoms with E-state index in [1.165, 1.54) is 11.8 Å². The normalized spacial score (nSPS) is 16.8. The molecule has 1 aliphatic rings. The summed E-state index contributed by atoms with van der Waals surface area (Å²) >= 11 is 1.33. The highest BCUT2D eigenvalue weighted by molar-refractivity contribution is 8.18. The molecule has 27 heavy (non-hydrogen) atoms. The minimum Gasteiger partial charge on any atom is -0.346 e. The number of amidine groups is 1. The van der Waals surface area contributed by atoms with E-state index in [0.29, 0.717) is 23.0 Å². The van der Waals surface area contributed by atoms with Crippen molar-refractivity contribution in [2.45, 2.75) is 13.0 Å². The fourth-order valence-corrected chi connectivity index (χ4v) is 3.82. The van der Waals surface area contributed by atoms with Gasteiger partial charge in [0.1, 0.15) is 0 Å². The van der Waals surface area contributed by atoms with Crippen LogP contribution in [0, 0.1) is 11.3 Å². The van der Waals surface area contributed by atoms with Crippen molar-refractivity contribution >= 4 is 45.5 Å². The van der Waals surface area contributed by atoms with Crippen molar-refractivity contribution in [3.63, 3.8) is 0 Å². The van der Waals surface area contributed by atoms with Gasteiger partial charge < -0.3 is 9.88 Å². The molecule has 1 saturated heterocycles. The Balaban J connectivity index is 1.67. The zero-order chi connectivity index (χ0) is 18.6. The Kier molecular flexibility index (Phi) is 4.77. The van der Waals surface area contributed by atoms with Crippen LogP contribution in [-0.2, 0) is 11.3 Å². The minimum atomic E-state index is -0.150. The number of nitrogens with one attached hydrogen (secondary N) is 1. The van der Waals surface area contributed by atoms with Crippen molar-refractivity contribution in [3.8, 4) is 6.07 Å². The smallest absolute Gasteiger partial charge is 0.264 e. The standard InChI is InChI=1S/C21H16N4OS/c22-11-6-12-25-14-15(17-9-4-5-10-18(17)25)13-19-20(26)24-21(27-19)23-16-7-2-1-3-8-16/h1-5,7-10,13-14H,6,12H2,(H,23,24,26)/b19-13-. The van der Waals surface area contributed by atoms with Crippen LogP contribution in [0.1, 0.15) is 12.0 Å². The number of aryl methyl sites for hydroxylation is 1. The fraction of sp³-hybridized carbons (Fsp3) is 0.0952. The van der Waals surface area contributed by atoms with Gasteiger partial charge in [0.25, 0.3) is 5.91 Å². The van der Waals surface area contributed by atoms with Gasteiger partial charge in [0.2, 0.25) is 0 Å². The first kappa shape index (κ1) is 17.1.